The molecule has 3 aromatic rings. The van der Waals surface area contributed by atoms with E-state index in [0.717, 1.165) is 5.52 Å². The minimum atomic E-state index is -0.186. The molecule has 0 spiro atoms. The number of H-pyrrole nitrogens is 1. The number of rotatable bonds is 1. The third-order valence-corrected chi connectivity index (χ3v) is 6.22. The van der Waals surface area contributed by atoms with Crippen LogP contribution in [0.2, 0.25) is 0 Å². The van der Waals surface area contributed by atoms with Crippen LogP contribution in [-0.2, 0) is 11.2 Å². The van der Waals surface area contributed by atoms with Crippen molar-refractivity contribution in [1.29, 1.82) is 0 Å². The summed E-state index contributed by atoms with van der Waals surface area (Å²) in [6, 6.07) is 16.8. The van der Waals surface area contributed by atoms with Gasteiger partial charge in [0, 0.05) is 30.1 Å². The van der Waals surface area contributed by atoms with Crippen LogP contribution in [0.1, 0.15) is 24.2 Å². The van der Waals surface area contributed by atoms with Gasteiger partial charge >= 0.3 is 0 Å². The van der Waals surface area contributed by atoms with E-state index in [1.165, 1.54) is 27.8 Å². The molecular formula is C21H19N3OS. The Kier molecular flexibility index (Phi) is 3.25. The van der Waals surface area contributed by atoms with Crippen molar-refractivity contribution in [2.24, 2.45) is 0 Å². The van der Waals surface area contributed by atoms with E-state index in [2.05, 4.69) is 59.3 Å². The molecule has 26 heavy (non-hydrogen) atoms. The maximum atomic E-state index is 12.6. The van der Waals surface area contributed by atoms with Gasteiger partial charge in [-0.1, -0.05) is 36.4 Å². The van der Waals surface area contributed by atoms with Crippen LogP contribution >= 0.6 is 12.2 Å². The van der Waals surface area contributed by atoms with Gasteiger partial charge in [-0.2, -0.15) is 0 Å². The predicted octanol–water partition coefficient (Wildman–Crippen LogP) is 3.88. The fourth-order valence-electron chi connectivity index (χ4n) is 4.35. The SMILES string of the molecule is C[C@H]1c2[nH]c3ccc(-c4ccccc4)cc3c2C[C@@H]2C(=O)N(C)C(=S)N21. The highest BCUT2D eigenvalue weighted by atomic mass is 32.1. The molecule has 3 heterocycles. The zero-order chi connectivity index (χ0) is 18.0. The number of benzene rings is 2. The molecule has 1 aromatic heterocycles. The average Bonchev–Trinajstić information content (AvgIpc) is 3.14. The first-order valence-corrected chi connectivity index (χ1v) is 9.27. The lowest BCUT2D eigenvalue weighted by Gasteiger charge is -2.34. The van der Waals surface area contributed by atoms with E-state index < -0.39 is 0 Å². The second-order valence-electron chi connectivity index (χ2n) is 7.13. The maximum absolute atomic E-state index is 12.6. The molecule has 130 valence electrons. The number of nitrogens with one attached hydrogen (secondary N) is 1. The Morgan fingerprint density at radius 3 is 2.65 bits per heavy atom. The summed E-state index contributed by atoms with van der Waals surface area (Å²) < 4.78 is 0. The number of amides is 1. The first kappa shape index (κ1) is 15.6. The number of likely N-dealkylation sites (N-methyl/N-ethyl adjacent to an activating group) is 1. The molecule has 2 aromatic carbocycles. The topological polar surface area (TPSA) is 39.3 Å². The largest absolute Gasteiger partial charge is 0.356 e. The summed E-state index contributed by atoms with van der Waals surface area (Å²) in [5.74, 6) is 0.0982. The molecule has 1 saturated heterocycles. The van der Waals surface area contributed by atoms with E-state index in [-0.39, 0.29) is 18.0 Å². The highest BCUT2D eigenvalue weighted by molar-refractivity contribution is 7.80. The van der Waals surface area contributed by atoms with E-state index >= 15 is 0 Å². The quantitative estimate of drug-likeness (QED) is 0.669. The second kappa shape index (κ2) is 5.42. The number of hydrogen-bond acceptors (Lipinski definition) is 2. The van der Waals surface area contributed by atoms with Gasteiger partial charge in [0.15, 0.2) is 5.11 Å². The van der Waals surface area contributed by atoms with Gasteiger partial charge in [0.25, 0.3) is 5.91 Å². The van der Waals surface area contributed by atoms with Gasteiger partial charge < -0.3 is 9.88 Å². The third-order valence-electron chi connectivity index (χ3n) is 5.74. The van der Waals surface area contributed by atoms with Crippen molar-refractivity contribution >= 4 is 34.1 Å². The van der Waals surface area contributed by atoms with Gasteiger partial charge in [0.1, 0.15) is 6.04 Å². The van der Waals surface area contributed by atoms with Gasteiger partial charge in [-0.25, -0.2) is 0 Å². The van der Waals surface area contributed by atoms with Crippen LogP contribution in [0.3, 0.4) is 0 Å². The number of carbonyl (C=O) groups is 1. The van der Waals surface area contributed by atoms with E-state index in [4.69, 9.17) is 12.2 Å². The summed E-state index contributed by atoms with van der Waals surface area (Å²) in [5.41, 5.74) is 5.94. The summed E-state index contributed by atoms with van der Waals surface area (Å²) in [4.78, 5) is 19.9. The summed E-state index contributed by atoms with van der Waals surface area (Å²) in [5, 5.41) is 1.84. The van der Waals surface area contributed by atoms with Crippen LogP contribution < -0.4 is 0 Å². The van der Waals surface area contributed by atoms with Gasteiger partial charge in [-0.3, -0.25) is 9.69 Å². The molecule has 0 saturated carbocycles. The Morgan fingerprint density at radius 2 is 1.88 bits per heavy atom. The first-order chi connectivity index (χ1) is 12.6. The highest BCUT2D eigenvalue weighted by Gasteiger charge is 2.47. The number of aromatic amines is 1. The highest BCUT2D eigenvalue weighted by Crippen LogP contribution is 2.41. The van der Waals surface area contributed by atoms with Gasteiger partial charge in [-0.15, -0.1) is 0 Å². The van der Waals surface area contributed by atoms with Crippen molar-refractivity contribution in [2.75, 3.05) is 7.05 Å². The van der Waals surface area contributed by atoms with E-state index in [0.29, 0.717) is 11.5 Å². The lowest BCUT2D eigenvalue weighted by molar-refractivity contribution is -0.127. The minimum Gasteiger partial charge on any atom is -0.356 e. The minimum absolute atomic E-state index is 0.0673. The Labute approximate surface area is 157 Å². The second-order valence-corrected chi connectivity index (χ2v) is 7.49. The maximum Gasteiger partial charge on any atom is 0.251 e. The zero-order valence-electron chi connectivity index (χ0n) is 14.7. The van der Waals surface area contributed by atoms with Gasteiger partial charge in [0.2, 0.25) is 0 Å². The molecule has 2 aliphatic rings. The third kappa shape index (κ3) is 2.01. The van der Waals surface area contributed by atoms with Crippen LogP contribution in [0.25, 0.3) is 22.0 Å². The molecule has 1 amide bonds. The van der Waals surface area contributed by atoms with Crippen molar-refractivity contribution in [3.63, 3.8) is 0 Å². The van der Waals surface area contributed by atoms with Gasteiger partial charge in [0.05, 0.1) is 6.04 Å². The van der Waals surface area contributed by atoms with Crippen molar-refractivity contribution in [2.45, 2.75) is 25.4 Å². The molecular weight excluding hydrogens is 342 g/mol. The molecule has 0 bridgehead atoms. The Morgan fingerprint density at radius 1 is 1.12 bits per heavy atom. The summed E-state index contributed by atoms with van der Waals surface area (Å²) >= 11 is 5.51. The normalized spacial score (nSPS) is 22.1. The van der Waals surface area contributed by atoms with Crippen molar-refractivity contribution in [3.8, 4) is 11.1 Å². The lowest BCUT2D eigenvalue weighted by Crippen LogP contribution is -2.42. The van der Waals surface area contributed by atoms with Crippen molar-refractivity contribution in [1.82, 2.24) is 14.8 Å². The molecule has 2 aliphatic heterocycles. The van der Waals surface area contributed by atoms with Crippen molar-refractivity contribution in [3.05, 3.63) is 59.8 Å². The van der Waals surface area contributed by atoms with Crippen LogP contribution in [0.4, 0.5) is 0 Å². The fraction of sp³-hybridized carbons (Fsp3) is 0.238. The molecule has 2 atom stereocenters. The van der Waals surface area contributed by atoms with E-state index in [1.807, 2.05) is 6.07 Å². The zero-order valence-corrected chi connectivity index (χ0v) is 15.5. The summed E-state index contributed by atoms with van der Waals surface area (Å²) in [6.07, 6.45) is 0.696. The van der Waals surface area contributed by atoms with Crippen LogP contribution in [0.5, 0.6) is 0 Å². The number of nitrogens with zero attached hydrogens (tertiary/aromatic N) is 2. The van der Waals surface area contributed by atoms with Crippen LogP contribution in [-0.4, -0.2) is 38.9 Å². The lowest BCUT2D eigenvalue weighted by atomic mass is 9.92. The molecule has 0 aliphatic carbocycles. The number of fused-ring (bicyclic) bond motifs is 4. The standard InChI is InChI=1S/C21H19N3OS/c1-12-19-16(11-18-20(25)23(2)21(26)24(12)18)15-10-14(8-9-17(15)22-19)13-6-4-3-5-7-13/h3-10,12,18,22H,11H2,1-2H3/t12-,18+/m0/s1. The monoisotopic (exact) mass is 361 g/mol. The molecule has 4 nitrogen and oxygen atoms in total. The molecule has 5 rings (SSSR count). The van der Waals surface area contributed by atoms with Crippen LogP contribution in [0.15, 0.2) is 48.5 Å². The Bertz CT molecular complexity index is 1060. The predicted molar refractivity (Wildman–Crippen MR) is 107 cm³/mol. The van der Waals surface area contributed by atoms with E-state index in [1.54, 1.807) is 11.9 Å². The molecule has 5 heteroatoms. The Balaban J connectivity index is 1.66. The molecule has 1 fully saturated rings. The fourth-order valence-corrected chi connectivity index (χ4v) is 4.73. The summed E-state index contributed by atoms with van der Waals surface area (Å²) in [6.45, 7) is 2.12. The summed E-state index contributed by atoms with van der Waals surface area (Å²) in [7, 11) is 1.77. The number of carbonyl (C=O) groups excluding carboxylic acids is 1. The molecule has 1 N–H and O–H groups in total. The first-order valence-electron chi connectivity index (χ1n) is 8.86. The van der Waals surface area contributed by atoms with Crippen molar-refractivity contribution < 1.29 is 4.79 Å². The number of hydrogen-bond donors (Lipinski definition) is 1. The average molecular weight is 361 g/mol. The van der Waals surface area contributed by atoms with E-state index in [9.17, 15) is 4.79 Å². The smallest absolute Gasteiger partial charge is 0.251 e. The van der Waals surface area contributed by atoms with Crippen LogP contribution in [0, 0.1) is 0 Å². The molecule has 0 radical (unpaired) electrons. The Hall–Kier alpha value is -2.66. The number of aromatic nitrogens is 1. The number of thiocarbonyl (C=S) groups is 1. The van der Waals surface area contributed by atoms with Gasteiger partial charge in [-0.05, 0) is 48.0 Å². The molecule has 0 unspecified atom stereocenters.